The number of hydrogen-bond donors (Lipinski definition) is 1. The quantitative estimate of drug-likeness (QED) is 0.223. The number of fused-ring (bicyclic) bond motifs is 1. The van der Waals surface area contributed by atoms with E-state index < -0.39 is 35.2 Å². The Hall–Kier alpha value is -4.84. The molecule has 2 saturated heterocycles. The van der Waals surface area contributed by atoms with E-state index in [0.29, 0.717) is 43.9 Å². The average molecular weight is 696 g/mol. The predicted octanol–water partition coefficient (Wildman–Crippen LogP) is 6.21. The van der Waals surface area contributed by atoms with Crippen LogP contribution < -0.4 is 15.5 Å². The number of ether oxygens (including phenoxy) is 1. The van der Waals surface area contributed by atoms with Gasteiger partial charge in [-0.1, -0.05) is 48.0 Å². The van der Waals surface area contributed by atoms with Crippen molar-refractivity contribution in [1.29, 1.82) is 0 Å². The van der Waals surface area contributed by atoms with Crippen LogP contribution in [0.2, 0.25) is 5.02 Å². The predicted molar refractivity (Wildman–Crippen MR) is 175 cm³/mol. The number of rotatable bonds is 9. The Morgan fingerprint density at radius 2 is 1.71 bits per heavy atom. The zero-order valence-electron chi connectivity index (χ0n) is 26.3. The second-order valence-corrected chi connectivity index (χ2v) is 12.7. The van der Waals surface area contributed by atoms with Crippen LogP contribution in [-0.2, 0) is 22.6 Å². The number of halogens is 4. The van der Waals surface area contributed by atoms with Gasteiger partial charge in [-0.3, -0.25) is 19.2 Å². The summed E-state index contributed by atoms with van der Waals surface area (Å²) < 4.78 is 47.5. The summed E-state index contributed by atoms with van der Waals surface area (Å²) in [7, 11) is 0. The second-order valence-electron chi connectivity index (χ2n) is 12.3. The number of benzene rings is 3. The van der Waals surface area contributed by atoms with E-state index >= 15 is 0 Å². The highest BCUT2D eigenvalue weighted by Crippen LogP contribution is 2.32. The van der Waals surface area contributed by atoms with Gasteiger partial charge in [0.25, 0.3) is 5.91 Å². The molecule has 0 bridgehead atoms. The van der Waals surface area contributed by atoms with Crippen LogP contribution in [0.15, 0.2) is 82.0 Å². The highest BCUT2D eigenvalue weighted by atomic mass is 35.5. The molecule has 1 N–H and O–H groups in total. The summed E-state index contributed by atoms with van der Waals surface area (Å²) in [6.07, 6.45) is -2.00. The molecule has 4 aromatic rings. The summed E-state index contributed by atoms with van der Waals surface area (Å²) in [4.78, 5) is 56.1. The molecule has 13 heteroatoms. The van der Waals surface area contributed by atoms with E-state index in [4.69, 9.17) is 16.0 Å². The number of nitrogens with zero attached hydrogens (tertiary/aromatic N) is 2. The Labute approximate surface area is 284 Å². The number of alkyl halides is 3. The SMILES string of the molecule is O=C(NC(Cc1ccc(Cl)cc1)C(=O)N1CCC(c2ccccc2CN2CCCC2=O)CC1)c1cc(=O)c2cc(OC(F)(F)F)ccc2o1. The van der Waals surface area contributed by atoms with Gasteiger partial charge in [-0.15, -0.1) is 13.2 Å². The van der Waals surface area contributed by atoms with Crippen LogP contribution in [-0.4, -0.2) is 59.6 Å². The van der Waals surface area contributed by atoms with Gasteiger partial charge in [0.15, 0.2) is 11.2 Å². The smallest absolute Gasteiger partial charge is 0.451 e. The van der Waals surface area contributed by atoms with Crippen molar-refractivity contribution in [3.05, 3.63) is 110 Å². The molecule has 1 unspecified atom stereocenters. The number of hydrogen-bond acceptors (Lipinski definition) is 6. The third-order valence-corrected chi connectivity index (χ3v) is 9.20. The standard InChI is InChI=1S/C36H33ClF3N3O6/c37-25-9-7-22(8-10-25)18-29(41-34(46)32-20-30(44)28-19-26(49-36(38,39)40)11-12-31(28)48-32)35(47)42-16-13-23(14-17-42)27-5-2-1-4-24(27)21-43-15-3-6-33(43)45/h1-2,4-5,7-12,19-20,23,29H,3,6,13-18,21H2,(H,41,46). The Kier molecular flexibility index (Phi) is 9.96. The molecule has 6 rings (SSSR count). The largest absolute Gasteiger partial charge is 0.573 e. The van der Waals surface area contributed by atoms with Gasteiger partial charge in [-0.05, 0) is 72.2 Å². The molecule has 2 fully saturated rings. The molecule has 0 aliphatic carbocycles. The van der Waals surface area contributed by atoms with Crippen molar-refractivity contribution in [3.8, 4) is 5.75 Å². The lowest BCUT2D eigenvalue weighted by atomic mass is 9.86. The minimum atomic E-state index is -4.95. The Morgan fingerprint density at radius 1 is 0.980 bits per heavy atom. The molecule has 9 nitrogen and oxygen atoms in total. The van der Waals surface area contributed by atoms with E-state index in [9.17, 15) is 32.3 Å². The van der Waals surface area contributed by atoms with Crippen LogP contribution in [0.3, 0.4) is 0 Å². The summed E-state index contributed by atoms with van der Waals surface area (Å²) in [6, 6.07) is 17.8. The number of carbonyl (C=O) groups excluding carboxylic acids is 3. The first kappa shape index (κ1) is 34.0. The highest BCUT2D eigenvalue weighted by Gasteiger charge is 2.33. The molecule has 1 aromatic heterocycles. The molecule has 0 radical (unpaired) electrons. The van der Waals surface area contributed by atoms with Crippen LogP contribution >= 0.6 is 11.6 Å². The van der Waals surface area contributed by atoms with Gasteiger partial charge in [-0.2, -0.15) is 0 Å². The van der Waals surface area contributed by atoms with E-state index in [0.717, 1.165) is 48.4 Å². The van der Waals surface area contributed by atoms with Crippen LogP contribution in [0.25, 0.3) is 11.0 Å². The number of amides is 3. The molecule has 0 saturated carbocycles. The van der Waals surface area contributed by atoms with Crippen molar-refractivity contribution in [3.63, 3.8) is 0 Å². The molecule has 49 heavy (non-hydrogen) atoms. The van der Waals surface area contributed by atoms with Gasteiger partial charge in [0.1, 0.15) is 17.4 Å². The van der Waals surface area contributed by atoms with E-state index in [1.165, 1.54) is 5.56 Å². The van der Waals surface area contributed by atoms with Crippen LogP contribution in [0, 0.1) is 0 Å². The van der Waals surface area contributed by atoms with Crippen molar-refractivity contribution in [2.24, 2.45) is 0 Å². The minimum Gasteiger partial charge on any atom is -0.451 e. The molecular weight excluding hydrogens is 663 g/mol. The summed E-state index contributed by atoms with van der Waals surface area (Å²) >= 11 is 6.06. The number of carbonyl (C=O) groups is 3. The minimum absolute atomic E-state index is 0.121. The molecule has 3 heterocycles. The van der Waals surface area contributed by atoms with Gasteiger partial charge in [0, 0.05) is 50.1 Å². The van der Waals surface area contributed by atoms with E-state index in [1.807, 2.05) is 17.0 Å². The molecule has 0 spiro atoms. The highest BCUT2D eigenvalue weighted by molar-refractivity contribution is 6.30. The van der Waals surface area contributed by atoms with Crippen molar-refractivity contribution >= 4 is 40.3 Å². The summed E-state index contributed by atoms with van der Waals surface area (Å²) in [5.41, 5.74) is 2.14. The normalized spacial score (nSPS) is 16.2. The van der Waals surface area contributed by atoms with Crippen LogP contribution in [0.1, 0.15) is 58.8 Å². The number of piperidine rings is 1. The van der Waals surface area contributed by atoms with Crippen molar-refractivity contribution in [2.45, 2.75) is 57.0 Å². The van der Waals surface area contributed by atoms with Gasteiger partial charge in [-0.25, -0.2) is 0 Å². The first-order valence-electron chi connectivity index (χ1n) is 16.0. The maximum Gasteiger partial charge on any atom is 0.573 e. The topological polar surface area (TPSA) is 109 Å². The third-order valence-electron chi connectivity index (χ3n) is 8.95. The second kappa shape index (κ2) is 14.3. The number of likely N-dealkylation sites (tertiary alicyclic amines) is 2. The molecule has 1 atom stereocenters. The van der Waals surface area contributed by atoms with Crippen LogP contribution in [0.4, 0.5) is 13.2 Å². The molecule has 3 amide bonds. The molecule has 256 valence electrons. The lowest BCUT2D eigenvalue weighted by Crippen LogP contribution is -2.51. The lowest BCUT2D eigenvalue weighted by molar-refractivity contribution is -0.274. The Morgan fingerprint density at radius 3 is 2.41 bits per heavy atom. The van der Waals surface area contributed by atoms with E-state index in [-0.39, 0.29) is 35.1 Å². The Balaban J connectivity index is 1.18. The first-order valence-corrected chi connectivity index (χ1v) is 16.3. The average Bonchev–Trinajstić information content (AvgIpc) is 3.48. The van der Waals surface area contributed by atoms with Crippen molar-refractivity contribution in [1.82, 2.24) is 15.1 Å². The lowest BCUT2D eigenvalue weighted by Gasteiger charge is -2.35. The molecule has 2 aliphatic rings. The fourth-order valence-electron chi connectivity index (χ4n) is 6.51. The summed E-state index contributed by atoms with van der Waals surface area (Å²) in [5, 5.41) is 3.02. The molecule has 2 aliphatic heterocycles. The summed E-state index contributed by atoms with van der Waals surface area (Å²) in [6.45, 7) is 2.21. The van der Waals surface area contributed by atoms with Crippen molar-refractivity contribution in [2.75, 3.05) is 19.6 Å². The maximum absolute atomic E-state index is 14.0. The molecule has 3 aromatic carbocycles. The third kappa shape index (κ3) is 8.25. The maximum atomic E-state index is 14.0. The zero-order chi connectivity index (χ0) is 34.7. The van der Waals surface area contributed by atoms with Crippen molar-refractivity contribution < 1.29 is 36.7 Å². The Bertz CT molecular complexity index is 1920. The monoisotopic (exact) mass is 695 g/mol. The van der Waals surface area contributed by atoms with Gasteiger partial charge in [0.2, 0.25) is 11.8 Å². The van der Waals surface area contributed by atoms with E-state index in [2.05, 4.69) is 22.2 Å². The van der Waals surface area contributed by atoms with Crippen LogP contribution in [0.5, 0.6) is 5.75 Å². The molecular formula is C36H33ClF3N3O6. The fourth-order valence-corrected chi connectivity index (χ4v) is 6.64. The number of nitrogens with one attached hydrogen (secondary N) is 1. The van der Waals surface area contributed by atoms with Gasteiger partial charge in [0.05, 0.1) is 5.39 Å². The first-order chi connectivity index (χ1) is 23.4. The van der Waals surface area contributed by atoms with Gasteiger partial charge < -0.3 is 24.3 Å². The fraction of sp³-hybridized carbons (Fsp3) is 0.333. The summed E-state index contributed by atoms with van der Waals surface area (Å²) in [5.74, 6) is -1.79. The van der Waals surface area contributed by atoms with E-state index in [1.54, 1.807) is 29.2 Å². The zero-order valence-corrected chi connectivity index (χ0v) is 27.1. The van der Waals surface area contributed by atoms with Gasteiger partial charge >= 0.3 is 6.36 Å².